The average molecular weight is 376 g/mol. The molecule has 4 nitrogen and oxygen atoms in total. The van der Waals surface area contributed by atoms with Crippen LogP contribution in [0.3, 0.4) is 0 Å². The van der Waals surface area contributed by atoms with Crippen molar-refractivity contribution < 1.29 is 4.79 Å². The third-order valence-corrected chi connectivity index (χ3v) is 4.67. The molecule has 3 N–H and O–H groups in total. The van der Waals surface area contributed by atoms with Crippen LogP contribution in [0, 0.1) is 0 Å². The Morgan fingerprint density at radius 2 is 2.00 bits per heavy atom. The fourth-order valence-electron chi connectivity index (χ4n) is 2.16. The average Bonchev–Trinajstić information content (AvgIpc) is 2.62. The molecule has 2 aromatic rings. The third-order valence-electron chi connectivity index (χ3n) is 3.41. The van der Waals surface area contributed by atoms with Crippen LogP contribution in [0.2, 0.25) is 5.02 Å². The molecule has 6 heteroatoms. The number of hydrogen-bond donors (Lipinski definition) is 2. The van der Waals surface area contributed by atoms with Gasteiger partial charge in [-0.2, -0.15) is 0 Å². The van der Waals surface area contributed by atoms with Crippen molar-refractivity contribution in [1.82, 2.24) is 5.32 Å². The Hall–Kier alpha value is -1.98. The van der Waals surface area contributed by atoms with Crippen LogP contribution >= 0.6 is 23.4 Å². The molecule has 0 aliphatic rings. The summed E-state index contributed by atoms with van der Waals surface area (Å²) >= 11 is 7.38. The van der Waals surface area contributed by atoms with Gasteiger partial charge in [-0.3, -0.25) is 4.79 Å². The molecule has 0 unspecified atom stereocenters. The molecule has 0 spiro atoms. The zero-order valence-electron chi connectivity index (χ0n) is 14.2. The lowest BCUT2D eigenvalue weighted by Gasteiger charge is -2.06. The summed E-state index contributed by atoms with van der Waals surface area (Å²) in [7, 11) is 0. The lowest BCUT2D eigenvalue weighted by Crippen LogP contribution is -2.25. The summed E-state index contributed by atoms with van der Waals surface area (Å²) < 4.78 is 0. The number of amides is 1. The number of halogens is 1. The maximum absolute atomic E-state index is 12.3. The molecule has 0 aromatic heterocycles. The monoisotopic (exact) mass is 375 g/mol. The summed E-state index contributed by atoms with van der Waals surface area (Å²) in [5.74, 6) is 0.811. The van der Waals surface area contributed by atoms with Crippen molar-refractivity contribution in [3.63, 3.8) is 0 Å². The molecular weight excluding hydrogens is 354 g/mol. The molecule has 0 aliphatic carbocycles. The zero-order valence-corrected chi connectivity index (χ0v) is 15.7. The van der Waals surface area contributed by atoms with Gasteiger partial charge in [-0.1, -0.05) is 48.5 Å². The van der Waals surface area contributed by atoms with Crippen molar-refractivity contribution in [2.75, 3.05) is 12.3 Å². The molecular formula is C19H22ClN3OS. The second-order valence-electron chi connectivity index (χ2n) is 5.48. The molecule has 0 atom stereocenters. The van der Waals surface area contributed by atoms with E-state index in [4.69, 9.17) is 17.3 Å². The second kappa shape index (κ2) is 10.1. The number of hydrogen-bond acceptors (Lipinski definition) is 3. The number of nitrogens with one attached hydrogen (secondary N) is 1. The number of thioether (sulfide) groups is 1. The topological polar surface area (TPSA) is 67.5 Å². The maximum Gasteiger partial charge on any atom is 0.251 e. The minimum atomic E-state index is -0.120. The van der Waals surface area contributed by atoms with Gasteiger partial charge in [0, 0.05) is 22.9 Å². The first-order chi connectivity index (χ1) is 12.1. The summed E-state index contributed by atoms with van der Waals surface area (Å²) in [6.45, 7) is 2.65. The minimum absolute atomic E-state index is 0.120. The fourth-order valence-corrected chi connectivity index (χ4v) is 2.87. The van der Waals surface area contributed by atoms with Gasteiger partial charge in [0.25, 0.3) is 5.91 Å². The van der Waals surface area contributed by atoms with Gasteiger partial charge in [0.15, 0.2) is 5.17 Å². The number of carbonyl (C=O) groups excluding carboxylic acids is 1. The summed E-state index contributed by atoms with van der Waals surface area (Å²) in [5, 5.41) is 4.15. The molecule has 0 aliphatic heterocycles. The van der Waals surface area contributed by atoms with Gasteiger partial charge in [0.05, 0.1) is 5.69 Å². The Morgan fingerprint density at radius 1 is 1.24 bits per heavy atom. The van der Waals surface area contributed by atoms with Crippen molar-refractivity contribution in [2.24, 2.45) is 10.7 Å². The fraction of sp³-hybridized carbons (Fsp3) is 0.263. The number of nitrogens with two attached hydrogens (primary N) is 1. The van der Waals surface area contributed by atoms with E-state index in [1.165, 1.54) is 11.8 Å². The van der Waals surface area contributed by atoms with Gasteiger partial charge in [0.2, 0.25) is 0 Å². The van der Waals surface area contributed by atoms with Crippen molar-refractivity contribution in [1.29, 1.82) is 0 Å². The van der Waals surface area contributed by atoms with Gasteiger partial charge >= 0.3 is 0 Å². The number of rotatable bonds is 7. The van der Waals surface area contributed by atoms with E-state index in [9.17, 15) is 4.79 Å². The van der Waals surface area contributed by atoms with E-state index in [-0.39, 0.29) is 5.91 Å². The van der Waals surface area contributed by atoms with Crippen LogP contribution < -0.4 is 11.1 Å². The quantitative estimate of drug-likeness (QED) is 0.556. The SMILES string of the molecule is CCCSC(N)=Nc1cccc(C(=O)NCCc2ccc(Cl)cc2)c1. The third kappa shape index (κ3) is 6.80. The van der Waals surface area contributed by atoms with E-state index < -0.39 is 0 Å². The highest BCUT2D eigenvalue weighted by molar-refractivity contribution is 8.13. The number of aliphatic imine (C=N–C) groups is 1. The van der Waals surface area contributed by atoms with E-state index in [1.807, 2.05) is 36.4 Å². The van der Waals surface area contributed by atoms with Crippen LogP contribution in [-0.2, 0) is 6.42 Å². The molecule has 25 heavy (non-hydrogen) atoms. The first kappa shape index (κ1) is 19.3. The summed E-state index contributed by atoms with van der Waals surface area (Å²) in [6.07, 6.45) is 1.79. The Bertz CT molecular complexity index is 732. The molecule has 2 aromatic carbocycles. The predicted molar refractivity (Wildman–Crippen MR) is 108 cm³/mol. The van der Waals surface area contributed by atoms with Gasteiger partial charge in [-0.05, 0) is 48.7 Å². The van der Waals surface area contributed by atoms with E-state index >= 15 is 0 Å². The maximum atomic E-state index is 12.3. The van der Waals surface area contributed by atoms with Crippen LogP contribution in [0.15, 0.2) is 53.5 Å². The molecule has 2 rings (SSSR count). The number of nitrogens with zero attached hydrogens (tertiary/aromatic N) is 1. The van der Waals surface area contributed by atoms with E-state index in [2.05, 4.69) is 17.2 Å². The highest BCUT2D eigenvalue weighted by Crippen LogP contribution is 2.16. The number of carbonyl (C=O) groups is 1. The smallest absolute Gasteiger partial charge is 0.251 e. The number of amidine groups is 1. The Kier molecular flexibility index (Phi) is 7.82. The zero-order chi connectivity index (χ0) is 18.1. The molecule has 132 valence electrons. The number of benzene rings is 2. The first-order valence-electron chi connectivity index (χ1n) is 8.18. The largest absolute Gasteiger partial charge is 0.378 e. The van der Waals surface area contributed by atoms with Gasteiger partial charge in [0.1, 0.15) is 0 Å². The molecule has 1 amide bonds. The lowest BCUT2D eigenvalue weighted by molar-refractivity contribution is 0.0954. The summed E-state index contributed by atoms with van der Waals surface area (Å²) in [4.78, 5) is 16.6. The lowest BCUT2D eigenvalue weighted by atomic mass is 10.1. The molecule has 0 fully saturated rings. The van der Waals surface area contributed by atoms with Crippen LogP contribution in [0.1, 0.15) is 29.3 Å². The highest BCUT2D eigenvalue weighted by atomic mass is 35.5. The van der Waals surface area contributed by atoms with Gasteiger partial charge in [-0.15, -0.1) is 0 Å². The Labute approximate surface area is 157 Å². The van der Waals surface area contributed by atoms with Crippen molar-refractivity contribution in [3.05, 3.63) is 64.7 Å². The summed E-state index contributed by atoms with van der Waals surface area (Å²) in [5.41, 5.74) is 8.27. The van der Waals surface area contributed by atoms with Crippen LogP contribution in [-0.4, -0.2) is 23.4 Å². The van der Waals surface area contributed by atoms with E-state index in [0.717, 1.165) is 24.2 Å². The van der Waals surface area contributed by atoms with E-state index in [1.54, 1.807) is 12.1 Å². The second-order valence-corrected chi connectivity index (χ2v) is 7.03. The van der Waals surface area contributed by atoms with Crippen LogP contribution in [0.5, 0.6) is 0 Å². The molecule has 0 saturated carbocycles. The minimum Gasteiger partial charge on any atom is -0.378 e. The van der Waals surface area contributed by atoms with Crippen molar-refractivity contribution in [2.45, 2.75) is 19.8 Å². The van der Waals surface area contributed by atoms with Crippen molar-refractivity contribution >= 4 is 40.1 Å². The molecule has 0 bridgehead atoms. The summed E-state index contributed by atoms with van der Waals surface area (Å²) in [6, 6.07) is 14.8. The molecule has 0 heterocycles. The molecule has 0 saturated heterocycles. The Morgan fingerprint density at radius 3 is 2.72 bits per heavy atom. The van der Waals surface area contributed by atoms with Gasteiger partial charge < -0.3 is 11.1 Å². The van der Waals surface area contributed by atoms with E-state index in [0.29, 0.717) is 28.0 Å². The van der Waals surface area contributed by atoms with Crippen LogP contribution in [0.25, 0.3) is 0 Å². The standard InChI is InChI=1S/C19H22ClN3OS/c1-2-12-25-19(21)23-17-5-3-4-15(13-17)18(24)22-11-10-14-6-8-16(20)9-7-14/h3-9,13H,2,10-12H2,1H3,(H2,21,23)(H,22,24). The van der Waals surface area contributed by atoms with Crippen molar-refractivity contribution in [3.8, 4) is 0 Å². The predicted octanol–water partition coefficient (Wildman–Crippen LogP) is 4.40. The van der Waals surface area contributed by atoms with Crippen LogP contribution in [0.4, 0.5) is 5.69 Å². The Balaban J connectivity index is 1.90. The highest BCUT2D eigenvalue weighted by Gasteiger charge is 2.06. The first-order valence-corrected chi connectivity index (χ1v) is 9.54. The van der Waals surface area contributed by atoms with Gasteiger partial charge in [-0.25, -0.2) is 4.99 Å². The molecule has 0 radical (unpaired) electrons. The normalized spacial score (nSPS) is 11.4.